The van der Waals surface area contributed by atoms with Crippen LogP contribution in [-0.4, -0.2) is 30.1 Å². The van der Waals surface area contributed by atoms with Gasteiger partial charge in [-0.25, -0.2) is 4.79 Å². The minimum Gasteiger partial charge on any atom is -0.478 e. The lowest BCUT2D eigenvalue weighted by Gasteiger charge is -2.33. The number of piperidine rings is 1. The standard InChI is InChI=1S/C16H20N2O3/c1-11-10-12(3-5-15(19)20)2-4-14(11)18-8-6-13(7-9-18)16(17)21/h2-5,10,13H,6-9H2,1H3,(H2,17,21)(H,19,20). The summed E-state index contributed by atoms with van der Waals surface area (Å²) in [6.07, 6.45) is 4.29. The van der Waals surface area contributed by atoms with Crippen molar-refractivity contribution in [3.05, 3.63) is 35.4 Å². The van der Waals surface area contributed by atoms with Gasteiger partial charge in [0.1, 0.15) is 0 Å². The van der Waals surface area contributed by atoms with Gasteiger partial charge in [-0.1, -0.05) is 6.07 Å². The first-order valence-corrected chi connectivity index (χ1v) is 7.03. The highest BCUT2D eigenvalue weighted by molar-refractivity contribution is 5.85. The van der Waals surface area contributed by atoms with Crippen molar-refractivity contribution < 1.29 is 14.7 Å². The summed E-state index contributed by atoms with van der Waals surface area (Å²) in [5.41, 5.74) is 8.44. The first kappa shape index (κ1) is 15.1. The van der Waals surface area contributed by atoms with E-state index in [-0.39, 0.29) is 11.8 Å². The Bertz CT molecular complexity index is 573. The normalized spacial score (nSPS) is 16.3. The second-order valence-corrected chi connectivity index (χ2v) is 5.38. The van der Waals surface area contributed by atoms with E-state index in [2.05, 4.69) is 4.90 Å². The molecule has 0 radical (unpaired) electrons. The van der Waals surface area contributed by atoms with Gasteiger partial charge >= 0.3 is 5.97 Å². The maximum absolute atomic E-state index is 11.2. The van der Waals surface area contributed by atoms with Crippen LogP contribution in [0.2, 0.25) is 0 Å². The minimum atomic E-state index is -0.953. The summed E-state index contributed by atoms with van der Waals surface area (Å²) in [6, 6.07) is 5.87. The van der Waals surface area contributed by atoms with Crippen LogP contribution in [-0.2, 0) is 9.59 Å². The molecule has 112 valence electrons. The van der Waals surface area contributed by atoms with Gasteiger partial charge in [0.25, 0.3) is 0 Å². The Labute approximate surface area is 124 Å². The van der Waals surface area contributed by atoms with Gasteiger partial charge in [0.05, 0.1) is 0 Å². The fourth-order valence-corrected chi connectivity index (χ4v) is 2.71. The zero-order chi connectivity index (χ0) is 15.4. The average Bonchev–Trinajstić information content (AvgIpc) is 2.45. The molecule has 1 aromatic rings. The van der Waals surface area contributed by atoms with Gasteiger partial charge in [-0.3, -0.25) is 4.79 Å². The second kappa shape index (κ2) is 6.43. The van der Waals surface area contributed by atoms with Crippen LogP contribution in [0.5, 0.6) is 0 Å². The van der Waals surface area contributed by atoms with Crippen molar-refractivity contribution in [1.82, 2.24) is 0 Å². The number of carboxylic acid groups (broad SMARTS) is 1. The molecule has 2 rings (SSSR count). The average molecular weight is 288 g/mol. The molecule has 1 heterocycles. The molecule has 1 aliphatic heterocycles. The summed E-state index contributed by atoms with van der Waals surface area (Å²) in [6.45, 7) is 3.64. The van der Waals surface area contributed by atoms with E-state index in [1.54, 1.807) is 6.08 Å². The summed E-state index contributed by atoms with van der Waals surface area (Å²) in [5.74, 6) is -1.18. The minimum absolute atomic E-state index is 0.0145. The topological polar surface area (TPSA) is 83.6 Å². The number of rotatable bonds is 4. The highest BCUT2D eigenvalue weighted by Gasteiger charge is 2.23. The smallest absolute Gasteiger partial charge is 0.328 e. The van der Waals surface area contributed by atoms with E-state index in [1.807, 2.05) is 25.1 Å². The largest absolute Gasteiger partial charge is 0.478 e. The number of nitrogens with two attached hydrogens (primary N) is 1. The molecule has 0 aliphatic carbocycles. The summed E-state index contributed by atoms with van der Waals surface area (Å²) >= 11 is 0. The van der Waals surface area contributed by atoms with Crippen LogP contribution in [0.4, 0.5) is 5.69 Å². The molecule has 1 aromatic carbocycles. The number of primary amides is 1. The Hall–Kier alpha value is -2.30. The van der Waals surface area contributed by atoms with Crippen molar-refractivity contribution in [2.75, 3.05) is 18.0 Å². The maximum Gasteiger partial charge on any atom is 0.328 e. The summed E-state index contributed by atoms with van der Waals surface area (Å²) in [5, 5.41) is 8.64. The van der Waals surface area contributed by atoms with Crippen LogP contribution in [0.25, 0.3) is 6.08 Å². The monoisotopic (exact) mass is 288 g/mol. The van der Waals surface area contributed by atoms with Gasteiger partial charge in [0, 0.05) is 30.8 Å². The molecule has 1 saturated heterocycles. The van der Waals surface area contributed by atoms with Crippen LogP contribution in [0.1, 0.15) is 24.0 Å². The van der Waals surface area contributed by atoms with Crippen molar-refractivity contribution in [1.29, 1.82) is 0 Å². The van der Waals surface area contributed by atoms with Crippen molar-refractivity contribution in [3.8, 4) is 0 Å². The maximum atomic E-state index is 11.2. The molecule has 1 fully saturated rings. The lowest BCUT2D eigenvalue weighted by Crippen LogP contribution is -2.38. The molecule has 0 saturated carbocycles. The van der Waals surface area contributed by atoms with Gasteiger partial charge in [0.15, 0.2) is 0 Å². The number of aryl methyl sites for hydroxylation is 1. The Morgan fingerprint density at radius 1 is 1.33 bits per heavy atom. The number of hydrogen-bond acceptors (Lipinski definition) is 3. The van der Waals surface area contributed by atoms with E-state index < -0.39 is 5.97 Å². The fourth-order valence-electron chi connectivity index (χ4n) is 2.71. The molecule has 3 N–H and O–H groups in total. The summed E-state index contributed by atoms with van der Waals surface area (Å²) < 4.78 is 0. The van der Waals surface area contributed by atoms with E-state index in [4.69, 9.17) is 10.8 Å². The molecule has 21 heavy (non-hydrogen) atoms. The number of carbonyl (C=O) groups is 2. The van der Waals surface area contributed by atoms with E-state index in [0.29, 0.717) is 0 Å². The molecule has 0 bridgehead atoms. The van der Waals surface area contributed by atoms with E-state index in [1.165, 1.54) is 0 Å². The lowest BCUT2D eigenvalue weighted by molar-refractivity contribution is -0.131. The first-order valence-electron chi connectivity index (χ1n) is 7.03. The third-order valence-corrected chi connectivity index (χ3v) is 3.88. The number of aliphatic carboxylic acids is 1. The van der Waals surface area contributed by atoms with Crippen molar-refractivity contribution in [2.24, 2.45) is 11.7 Å². The predicted octanol–water partition coefficient (Wildman–Crippen LogP) is 1.79. The van der Waals surface area contributed by atoms with Gasteiger partial charge in [-0.05, 0) is 49.1 Å². The summed E-state index contributed by atoms with van der Waals surface area (Å²) in [4.78, 5) is 24.0. The molecule has 0 aromatic heterocycles. The molecule has 5 heteroatoms. The predicted molar refractivity (Wildman–Crippen MR) is 82.0 cm³/mol. The number of benzene rings is 1. The Kier molecular flexibility index (Phi) is 4.62. The molecular formula is C16H20N2O3. The lowest BCUT2D eigenvalue weighted by atomic mass is 9.95. The molecule has 5 nitrogen and oxygen atoms in total. The fraction of sp³-hybridized carbons (Fsp3) is 0.375. The number of anilines is 1. The van der Waals surface area contributed by atoms with Crippen LogP contribution in [0.15, 0.2) is 24.3 Å². The van der Waals surface area contributed by atoms with Gasteiger partial charge < -0.3 is 15.7 Å². The zero-order valence-corrected chi connectivity index (χ0v) is 12.1. The quantitative estimate of drug-likeness (QED) is 0.827. The Morgan fingerprint density at radius 2 is 2.00 bits per heavy atom. The van der Waals surface area contributed by atoms with Crippen LogP contribution in [0, 0.1) is 12.8 Å². The number of amides is 1. The molecule has 0 unspecified atom stereocenters. The van der Waals surface area contributed by atoms with E-state index in [0.717, 1.165) is 48.8 Å². The highest BCUT2D eigenvalue weighted by atomic mass is 16.4. The zero-order valence-electron chi connectivity index (χ0n) is 12.1. The van der Waals surface area contributed by atoms with Gasteiger partial charge in [-0.15, -0.1) is 0 Å². The second-order valence-electron chi connectivity index (χ2n) is 5.38. The number of carboxylic acids is 1. The molecule has 0 spiro atoms. The Morgan fingerprint density at radius 3 is 2.52 bits per heavy atom. The molecular weight excluding hydrogens is 268 g/mol. The summed E-state index contributed by atoms with van der Waals surface area (Å²) in [7, 11) is 0. The van der Waals surface area contributed by atoms with Gasteiger partial charge in [-0.2, -0.15) is 0 Å². The molecule has 0 atom stereocenters. The van der Waals surface area contributed by atoms with E-state index in [9.17, 15) is 9.59 Å². The third kappa shape index (κ3) is 3.84. The van der Waals surface area contributed by atoms with Crippen molar-refractivity contribution in [2.45, 2.75) is 19.8 Å². The third-order valence-electron chi connectivity index (χ3n) is 3.88. The SMILES string of the molecule is Cc1cc(C=CC(=O)O)ccc1N1CCC(C(N)=O)CC1. The number of hydrogen-bond donors (Lipinski definition) is 2. The van der Waals surface area contributed by atoms with E-state index >= 15 is 0 Å². The Balaban J connectivity index is 2.08. The van der Waals surface area contributed by atoms with Crippen molar-refractivity contribution in [3.63, 3.8) is 0 Å². The van der Waals surface area contributed by atoms with Crippen LogP contribution in [0.3, 0.4) is 0 Å². The van der Waals surface area contributed by atoms with Gasteiger partial charge in [0.2, 0.25) is 5.91 Å². The van der Waals surface area contributed by atoms with Crippen LogP contribution < -0.4 is 10.6 Å². The highest BCUT2D eigenvalue weighted by Crippen LogP contribution is 2.27. The molecule has 1 aliphatic rings. The number of carbonyl (C=O) groups excluding carboxylic acids is 1. The first-order chi connectivity index (χ1) is 9.97. The van der Waals surface area contributed by atoms with Crippen LogP contribution >= 0.6 is 0 Å². The molecule has 1 amide bonds. The number of nitrogens with zero attached hydrogens (tertiary/aromatic N) is 1. The van der Waals surface area contributed by atoms with Crippen molar-refractivity contribution >= 4 is 23.6 Å².